The van der Waals surface area contributed by atoms with Gasteiger partial charge in [-0.15, -0.1) is 0 Å². The van der Waals surface area contributed by atoms with Gasteiger partial charge in [-0.2, -0.15) is 0 Å². The summed E-state index contributed by atoms with van der Waals surface area (Å²) in [7, 11) is 2.12. The van der Waals surface area contributed by atoms with Crippen LogP contribution >= 0.6 is 0 Å². The molecule has 21 heavy (non-hydrogen) atoms. The lowest BCUT2D eigenvalue weighted by Crippen LogP contribution is -2.54. The molecule has 2 heterocycles. The summed E-state index contributed by atoms with van der Waals surface area (Å²) in [6, 6.07) is 6.59. The molecule has 114 valence electrons. The van der Waals surface area contributed by atoms with E-state index in [1.54, 1.807) is 0 Å². The van der Waals surface area contributed by atoms with E-state index in [0.717, 1.165) is 45.3 Å². The third kappa shape index (κ3) is 2.53. The van der Waals surface area contributed by atoms with Crippen molar-refractivity contribution in [3.05, 3.63) is 29.3 Å². The van der Waals surface area contributed by atoms with Crippen molar-refractivity contribution in [3.63, 3.8) is 0 Å². The van der Waals surface area contributed by atoms with Crippen molar-refractivity contribution in [2.24, 2.45) is 0 Å². The topological polar surface area (TPSA) is 43.8 Å². The lowest BCUT2D eigenvalue weighted by molar-refractivity contribution is -0.153. The van der Waals surface area contributed by atoms with E-state index in [9.17, 15) is 9.90 Å². The number of carboxylic acid groups (broad SMARTS) is 1. The number of fused-ring (bicyclic) bond motifs is 1. The van der Waals surface area contributed by atoms with E-state index >= 15 is 0 Å². The number of hydrogen-bond acceptors (Lipinski definition) is 3. The van der Waals surface area contributed by atoms with Crippen LogP contribution in [0.2, 0.25) is 0 Å². The van der Waals surface area contributed by atoms with Gasteiger partial charge in [0.15, 0.2) is 0 Å². The van der Waals surface area contributed by atoms with E-state index in [0.29, 0.717) is 0 Å². The van der Waals surface area contributed by atoms with Crippen molar-refractivity contribution in [3.8, 4) is 0 Å². The summed E-state index contributed by atoms with van der Waals surface area (Å²) in [5.41, 5.74) is 3.23. The zero-order valence-corrected chi connectivity index (χ0v) is 12.9. The molecule has 1 atom stereocenters. The Bertz CT molecular complexity index is 558. The van der Waals surface area contributed by atoms with Crippen LogP contribution in [0.3, 0.4) is 0 Å². The smallest absolute Gasteiger partial charge is 0.323 e. The van der Waals surface area contributed by atoms with Gasteiger partial charge < -0.3 is 10.0 Å². The van der Waals surface area contributed by atoms with E-state index in [1.807, 2.05) is 6.92 Å². The minimum absolute atomic E-state index is 0.692. The maximum Gasteiger partial charge on any atom is 0.323 e. The number of likely N-dealkylation sites (N-methyl/N-ethyl adjacent to an activating group) is 1. The minimum atomic E-state index is -0.714. The van der Waals surface area contributed by atoms with Crippen molar-refractivity contribution in [1.29, 1.82) is 0 Å². The number of rotatable bonds is 3. The Kier molecular flexibility index (Phi) is 3.66. The summed E-state index contributed by atoms with van der Waals surface area (Å²) >= 11 is 0. The van der Waals surface area contributed by atoms with Gasteiger partial charge in [0.25, 0.3) is 0 Å². The molecule has 0 aromatic heterocycles. The Balaban J connectivity index is 1.81. The first kappa shape index (κ1) is 14.4. The second-order valence-corrected chi connectivity index (χ2v) is 6.59. The highest BCUT2D eigenvalue weighted by Gasteiger charge is 2.41. The Morgan fingerprint density at radius 1 is 1.33 bits per heavy atom. The van der Waals surface area contributed by atoms with Crippen LogP contribution in [-0.2, 0) is 17.8 Å². The van der Waals surface area contributed by atoms with Gasteiger partial charge in [-0.25, -0.2) is 0 Å². The molecule has 0 spiro atoms. The van der Waals surface area contributed by atoms with E-state index in [1.165, 1.54) is 16.8 Å². The van der Waals surface area contributed by atoms with Crippen LogP contribution < -0.4 is 4.90 Å². The third-order valence-electron chi connectivity index (χ3n) is 5.15. The average molecular weight is 288 g/mol. The molecule has 0 aliphatic carbocycles. The van der Waals surface area contributed by atoms with Crippen LogP contribution in [0, 0.1) is 0 Å². The van der Waals surface area contributed by atoms with E-state index in [2.05, 4.69) is 35.0 Å². The van der Waals surface area contributed by atoms with Gasteiger partial charge in [-0.1, -0.05) is 12.1 Å². The second-order valence-electron chi connectivity index (χ2n) is 6.59. The minimum Gasteiger partial charge on any atom is -0.480 e. The zero-order chi connectivity index (χ0) is 15.0. The Morgan fingerprint density at radius 2 is 2.14 bits per heavy atom. The molecule has 1 fully saturated rings. The first-order valence-corrected chi connectivity index (χ1v) is 7.82. The fourth-order valence-corrected chi connectivity index (χ4v) is 3.61. The largest absolute Gasteiger partial charge is 0.480 e. The molecule has 1 saturated heterocycles. The number of carbonyl (C=O) groups is 1. The van der Waals surface area contributed by atoms with Gasteiger partial charge in [-0.05, 0) is 56.3 Å². The summed E-state index contributed by atoms with van der Waals surface area (Å²) in [5.74, 6) is -0.692. The number of aliphatic carboxylic acids is 1. The molecule has 0 radical (unpaired) electrons. The number of likely N-dealkylation sites (tertiary alicyclic amines) is 1. The molecule has 0 bridgehead atoms. The first-order valence-electron chi connectivity index (χ1n) is 7.82. The molecular formula is C17H24N2O2. The van der Waals surface area contributed by atoms with E-state index in [-0.39, 0.29) is 0 Å². The number of nitrogens with zero attached hydrogens (tertiary/aromatic N) is 2. The monoisotopic (exact) mass is 288 g/mol. The molecule has 1 aromatic rings. The normalized spacial score (nSPS) is 25.9. The molecular weight excluding hydrogens is 264 g/mol. The lowest BCUT2D eigenvalue weighted by atomic mass is 9.88. The van der Waals surface area contributed by atoms with Crippen LogP contribution in [0.15, 0.2) is 18.2 Å². The third-order valence-corrected chi connectivity index (χ3v) is 5.15. The van der Waals surface area contributed by atoms with Gasteiger partial charge in [0.1, 0.15) is 5.54 Å². The van der Waals surface area contributed by atoms with Crippen molar-refractivity contribution < 1.29 is 9.90 Å². The summed E-state index contributed by atoms with van der Waals surface area (Å²) < 4.78 is 0. The molecule has 1 N–H and O–H groups in total. The summed E-state index contributed by atoms with van der Waals surface area (Å²) in [5, 5.41) is 9.59. The van der Waals surface area contributed by atoms with Crippen LogP contribution in [-0.4, -0.2) is 41.7 Å². The molecule has 0 amide bonds. The fraction of sp³-hybridized carbons (Fsp3) is 0.588. The SMILES string of the molecule is CN1CCc2cc(CN3CCCCC3(C)C(=O)O)ccc21. The van der Waals surface area contributed by atoms with E-state index < -0.39 is 11.5 Å². The van der Waals surface area contributed by atoms with Crippen LogP contribution in [0.1, 0.15) is 37.3 Å². The zero-order valence-electron chi connectivity index (χ0n) is 12.9. The molecule has 4 nitrogen and oxygen atoms in total. The number of anilines is 1. The highest BCUT2D eigenvalue weighted by Crippen LogP contribution is 2.32. The number of benzene rings is 1. The molecule has 0 saturated carbocycles. The quantitative estimate of drug-likeness (QED) is 0.928. The first-order chi connectivity index (χ1) is 10.0. The molecule has 3 rings (SSSR count). The van der Waals surface area contributed by atoms with Crippen LogP contribution in [0.5, 0.6) is 0 Å². The summed E-state index contributed by atoms with van der Waals surface area (Å²) in [6.07, 6.45) is 3.94. The maximum atomic E-state index is 11.7. The number of piperidine rings is 1. The molecule has 2 aliphatic heterocycles. The van der Waals surface area contributed by atoms with Gasteiger partial charge in [-0.3, -0.25) is 9.69 Å². The van der Waals surface area contributed by atoms with Crippen molar-refractivity contribution in [2.45, 2.75) is 44.7 Å². The maximum absolute atomic E-state index is 11.7. The van der Waals surface area contributed by atoms with Crippen LogP contribution in [0.4, 0.5) is 5.69 Å². The molecule has 2 aliphatic rings. The number of carboxylic acids is 1. The van der Waals surface area contributed by atoms with Gasteiger partial charge >= 0.3 is 5.97 Å². The second kappa shape index (κ2) is 5.34. The number of hydrogen-bond donors (Lipinski definition) is 1. The van der Waals surface area contributed by atoms with Crippen molar-refractivity contribution >= 4 is 11.7 Å². The van der Waals surface area contributed by atoms with Crippen molar-refractivity contribution in [1.82, 2.24) is 4.90 Å². The van der Waals surface area contributed by atoms with Gasteiger partial charge in [0.05, 0.1) is 0 Å². The van der Waals surface area contributed by atoms with Crippen molar-refractivity contribution in [2.75, 3.05) is 25.0 Å². The summed E-state index contributed by atoms with van der Waals surface area (Å²) in [6.45, 7) is 4.56. The fourth-order valence-electron chi connectivity index (χ4n) is 3.61. The predicted molar refractivity (Wildman–Crippen MR) is 83.7 cm³/mol. The Labute approximate surface area is 126 Å². The highest BCUT2D eigenvalue weighted by molar-refractivity contribution is 5.78. The molecule has 1 unspecified atom stereocenters. The average Bonchev–Trinajstić information content (AvgIpc) is 2.82. The summed E-state index contributed by atoms with van der Waals surface area (Å²) in [4.78, 5) is 16.1. The van der Waals surface area contributed by atoms with Gasteiger partial charge in [0, 0.05) is 25.8 Å². The Hall–Kier alpha value is -1.55. The van der Waals surface area contributed by atoms with E-state index in [4.69, 9.17) is 0 Å². The molecule has 1 aromatic carbocycles. The molecule has 4 heteroatoms. The van der Waals surface area contributed by atoms with Gasteiger partial charge in [0.2, 0.25) is 0 Å². The Morgan fingerprint density at radius 3 is 2.90 bits per heavy atom. The highest BCUT2D eigenvalue weighted by atomic mass is 16.4. The van der Waals surface area contributed by atoms with Crippen LogP contribution in [0.25, 0.3) is 0 Å². The predicted octanol–water partition coefficient (Wildman–Crippen LogP) is 2.51. The standard InChI is InChI=1S/C17H24N2O2/c1-17(16(20)21)8-3-4-9-19(17)12-13-5-6-15-14(11-13)7-10-18(15)2/h5-6,11H,3-4,7-10,12H2,1-2H3,(H,20,21). The lowest BCUT2D eigenvalue weighted by Gasteiger charge is -2.41.